The van der Waals surface area contributed by atoms with Crippen molar-refractivity contribution in [2.75, 3.05) is 29.5 Å². The number of carbonyl (C=O) groups is 3. The van der Waals surface area contributed by atoms with Gasteiger partial charge in [0, 0.05) is 34.2 Å². The van der Waals surface area contributed by atoms with Crippen LogP contribution in [0, 0.1) is 11.8 Å². The third kappa shape index (κ3) is 5.17. The zero-order chi connectivity index (χ0) is 32.6. The van der Waals surface area contributed by atoms with Gasteiger partial charge in [-0.15, -0.1) is 24.9 Å². The van der Waals surface area contributed by atoms with Crippen LogP contribution in [0.15, 0.2) is 110 Å². The van der Waals surface area contributed by atoms with Gasteiger partial charge in [0.2, 0.25) is 11.8 Å². The first-order valence-corrected chi connectivity index (χ1v) is 16.7. The van der Waals surface area contributed by atoms with Gasteiger partial charge in [0.15, 0.2) is 0 Å². The Morgan fingerprint density at radius 1 is 0.935 bits per heavy atom. The molecular weight excluding hydrogens is 618 g/mol. The van der Waals surface area contributed by atoms with Crippen LogP contribution >= 0.6 is 23.4 Å². The summed E-state index contributed by atoms with van der Waals surface area (Å²) in [5.74, 6) is -2.16. The predicted octanol–water partition coefficient (Wildman–Crippen LogP) is 6.29. The molecule has 0 aromatic heterocycles. The number of aliphatic hydroxyl groups excluding tert-OH is 1. The number of fused-ring (bicyclic) bond motifs is 1. The molecule has 3 aromatic carbocycles. The van der Waals surface area contributed by atoms with Crippen LogP contribution in [0.2, 0.25) is 5.02 Å². The first kappa shape index (κ1) is 32.1. The number of para-hydroxylation sites is 1. The predicted molar refractivity (Wildman–Crippen MR) is 185 cm³/mol. The van der Waals surface area contributed by atoms with Gasteiger partial charge in [-0.1, -0.05) is 72.3 Å². The number of benzene rings is 3. The largest absolute Gasteiger partial charge is 0.394 e. The fourth-order valence-corrected chi connectivity index (χ4v) is 10.3. The lowest BCUT2D eigenvalue weighted by atomic mass is 9.66. The second-order valence-corrected chi connectivity index (χ2v) is 14.7. The molecule has 3 aliphatic heterocycles. The van der Waals surface area contributed by atoms with Crippen molar-refractivity contribution in [3.05, 3.63) is 121 Å². The van der Waals surface area contributed by atoms with E-state index in [1.807, 2.05) is 60.7 Å². The molecule has 3 aliphatic rings. The third-order valence-corrected chi connectivity index (χ3v) is 12.0. The minimum absolute atomic E-state index is 0.157. The molecule has 1 N–H and O–H groups in total. The van der Waals surface area contributed by atoms with E-state index in [0.717, 1.165) is 11.3 Å². The summed E-state index contributed by atoms with van der Waals surface area (Å²) in [5, 5.41) is 11.4. The number of hydrogen-bond acceptors (Lipinski definition) is 5. The lowest BCUT2D eigenvalue weighted by Crippen LogP contribution is -2.56. The topological polar surface area (TPSA) is 81.2 Å². The van der Waals surface area contributed by atoms with E-state index in [9.17, 15) is 14.7 Å². The Labute approximate surface area is 279 Å². The molecule has 0 aliphatic carbocycles. The summed E-state index contributed by atoms with van der Waals surface area (Å²) in [7, 11) is 0. The van der Waals surface area contributed by atoms with Crippen molar-refractivity contribution in [2.24, 2.45) is 11.8 Å². The Morgan fingerprint density at radius 3 is 2.09 bits per heavy atom. The van der Waals surface area contributed by atoms with Crippen molar-refractivity contribution in [3.63, 3.8) is 0 Å². The van der Waals surface area contributed by atoms with E-state index in [1.165, 1.54) is 0 Å². The summed E-state index contributed by atoms with van der Waals surface area (Å²) < 4.78 is -1.45. The van der Waals surface area contributed by atoms with Crippen molar-refractivity contribution < 1.29 is 19.5 Å². The summed E-state index contributed by atoms with van der Waals surface area (Å²) in [5.41, 5.74) is 2.07. The molecule has 7 nitrogen and oxygen atoms in total. The molecule has 2 unspecified atom stereocenters. The van der Waals surface area contributed by atoms with Crippen LogP contribution in [0.1, 0.15) is 31.4 Å². The smallest absolute Gasteiger partial charge is 0.251 e. The maximum Gasteiger partial charge on any atom is 0.251 e. The molecule has 3 aromatic rings. The van der Waals surface area contributed by atoms with Crippen molar-refractivity contribution in [2.45, 2.75) is 41.3 Å². The molecule has 6 rings (SSSR count). The van der Waals surface area contributed by atoms with Gasteiger partial charge in [-0.2, -0.15) is 0 Å². The minimum Gasteiger partial charge on any atom is -0.394 e. The highest BCUT2D eigenvalue weighted by Gasteiger charge is 2.78. The Bertz CT molecular complexity index is 1640. The zero-order valence-corrected chi connectivity index (χ0v) is 27.4. The number of amides is 3. The van der Waals surface area contributed by atoms with Crippen LogP contribution < -0.4 is 9.80 Å². The molecule has 6 atom stereocenters. The van der Waals surface area contributed by atoms with Gasteiger partial charge in [0.05, 0.1) is 29.2 Å². The lowest BCUT2D eigenvalue weighted by Gasteiger charge is -2.39. The molecule has 3 saturated heterocycles. The highest BCUT2D eigenvalue weighted by atomic mass is 35.5. The number of anilines is 2. The maximum absolute atomic E-state index is 15.0. The summed E-state index contributed by atoms with van der Waals surface area (Å²) in [4.78, 5) is 49.7. The molecule has 3 heterocycles. The number of halogens is 1. The Hall–Kier alpha value is -3.85. The number of likely N-dealkylation sites (tertiary alicyclic amines) is 1. The second kappa shape index (κ2) is 12.7. The normalized spacial score (nSPS) is 26.8. The van der Waals surface area contributed by atoms with Gasteiger partial charge in [-0.05, 0) is 61.7 Å². The Morgan fingerprint density at radius 2 is 1.50 bits per heavy atom. The van der Waals surface area contributed by atoms with E-state index in [-0.39, 0.29) is 37.4 Å². The van der Waals surface area contributed by atoms with Crippen LogP contribution in [0.5, 0.6) is 0 Å². The minimum atomic E-state index is -0.938. The van der Waals surface area contributed by atoms with Crippen molar-refractivity contribution in [1.29, 1.82) is 0 Å². The van der Waals surface area contributed by atoms with E-state index < -0.39 is 33.4 Å². The van der Waals surface area contributed by atoms with Crippen LogP contribution in [0.3, 0.4) is 0 Å². The summed E-state index contributed by atoms with van der Waals surface area (Å²) in [6.45, 7) is 9.98. The van der Waals surface area contributed by atoms with Gasteiger partial charge >= 0.3 is 0 Å². The fraction of sp³-hybridized carbons (Fsp3) is 0.324. The fourth-order valence-electron chi connectivity index (χ4n) is 7.83. The molecule has 9 heteroatoms. The Balaban J connectivity index is 1.50. The molecule has 2 bridgehead atoms. The molecule has 0 saturated carbocycles. The van der Waals surface area contributed by atoms with Crippen LogP contribution in [0.4, 0.5) is 11.4 Å². The van der Waals surface area contributed by atoms with Gasteiger partial charge in [-0.3, -0.25) is 14.4 Å². The molecule has 3 fully saturated rings. The molecular formula is C37H38ClN3O4S. The molecule has 46 heavy (non-hydrogen) atoms. The highest BCUT2D eigenvalue weighted by Crippen LogP contribution is 2.72. The first-order valence-electron chi connectivity index (χ1n) is 15.5. The first-order chi connectivity index (χ1) is 22.2. The van der Waals surface area contributed by atoms with Crippen LogP contribution in [-0.4, -0.2) is 63.0 Å². The Kier molecular flexibility index (Phi) is 8.89. The van der Waals surface area contributed by atoms with Crippen molar-refractivity contribution >= 4 is 52.5 Å². The number of thioether (sulfide) groups is 1. The van der Waals surface area contributed by atoms with E-state index in [1.54, 1.807) is 62.9 Å². The standard InChI is InChI=1S/C37H38ClN3O4S/c1-4-22-39(27-14-10-7-11-15-27)33(43)30-31-34(44)41(29(24-42)25-12-8-6-9-13-25)32(37(31)21-20-36(30,3)46-37)35(45)40(23-5-2)28-18-16-26(38)17-19-28/h4-19,29-32,42H,1-2,20-24H2,3H3/t29-,30-,31+,32?,36+,37?/m1/s1. The highest BCUT2D eigenvalue weighted by molar-refractivity contribution is 8.02. The van der Waals surface area contributed by atoms with Crippen LogP contribution in [0.25, 0.3) is 0 Å². The van der Waals surface area contributed by atoms with E-state index in [4.69, 9.17) is 11.6 Å². The van der Waals surface area contributed by atoms with Crippen molar-refractivity contribution in [1.82, 2.24) is 4.90 Å². The molecule has 0 radical (unpaired) electrons. The molecule has 3 amide bonds. The number of hydrogen-bond donors (Lipinski definition) is 1. The lowest BCUT2D eigenvalue weighted by molar-refractivity contribution is -0.142. The maximum atomic E-state index is 15.0. The quantitative estimate of drug-likeness (QED) is 0.246. The van der Waals surface area contributed by atoms with E-state index >= 15 is 4.79 Å². The van der Waals surface area contributed by atoms with E-state index in [0.29, 0.717) is 23.6 Å². The summed E-state index contributed by atoms with van der Waals surface area (Å²) >= 11 is 7.80. The molecule has 238 valence electrons. The SMILES string of the molecule is C=CCN(C(=O)C1N([C@H](CO)c2ccccc2)C(=O)[C@@H]2[C@H](C(=O)N(CC=C)c3ccccc3)[C@]3(C)CCC12S3)c1ccc(Cl)cc1. The van der Waals surface area contributed by atoms with Gasteiger partial charge in [0.1, 0.15) is 6.04 Å². The van der Waals surface area contributed by atoms with Crippen LogP contribution in [-0.2, 0) is 14.4 Å². The summed E-state index contributed by atoms with van der Waals surface area (Å²) in [6, 6.07) is 24.0. The molecule has 1 spiro atoms. The van der Waals surface area contributed by atoms with Crippen molar-refractivity contribution in [3.8, 4) is 0 Å². The van der Waals surface area contributed by atoms with E-state index in [2.05, 4.69) is 20.1 Å². The third-order valence-electron chi connectivity index (χ3n) is 9.77. The number of rotatable bonds is 11. The number of carbonyl (C=O) groups excluding carboxylic acids is 3. The average molecular weight is 656 g/mol. The second-order valence-electron chi connectivity index (χ2n) is 12.4. The van der Waals surface area contributed by atoms with Gasteiger partial charge in [-0.25, -0.2) is 0 Å². The average Bonchev–Trinajstić information content (AvgIpc) is 3.64. The summed E-state index contributed by atoms with van der Waals surface area (Å²) in [6.07, 6.45) is 4.60. The zero-order valence-electron chi connectivity index (χ0n) is 25.8. The number of nitrogens with zero attached hydrogens (tertiary/aromatic N) is 3. The van der Waals surface area contributed by atoms with Gasteiger partial charge < -0.3 is 19.8 Å². The van der Waals surface area contributed by atoms with Gasteiger partial charge in [0.25, 0.3) is 5.91 Å². The number of aliphatic hydroxyl groups is 1. The monoisotopic (exact) mass is 655 g/mol.